The van der Waals surface area contributed by atoms with Crippen molar-refractivity contribution in [3.05, 3.63) is 36.5 Å². The maximum Gasteiger partial charge on any atom is 0.410 e. The predicted molar refractivity (Wildman–Crippen MR) is 130 cm³/mol. The van der Waals surface area contributed by atoms with Crippen molar-refractivity contribution in [1.82, 2.24) is 30.0 Å². The molecule has 0 radical (unpaired) electrons. The number of hydrogen-bond acceptors (Lipinski definition) is 10. The Morgan fingerprint density at radius 1 is 1.19 bits per heavy atom. The fourth-order valence-corrected chi connectivity index (χ4v) is 3.61. The van der Waals surface area contributed by atoms with Crippen LogP contribution in [0.5, 0.6) is 11.5 Å². The number of aromatic amines is 1. The van der Waals surface area contributed by atoms with Crippen LogP contribution in [0.4, 0.5) is 16.4 Å². The number of anilines is 2. The van der Waals surface area contributed by atoms with Gasteiger partial charge in [0, 0.05) is 25.1 Å². The van der Waals surface area contributed by atoms with Crippen LogP contribution in [-0.4, -0.2) is 68.0 Å². The maximum atomic E-state index is 12.3. The number of pyridine rings is 1. The Morgan fingerprint density at radius 3 is 2.58 bits per heavy atom. The molecule has 0 spiro atoms. The zero-order valence-electron chi connectivity index (χ0n) is 20.8. The summed E-state index contributed by atoms with van der Waals surface area (Å²) < 4.78 is 17.3. The fraction of sp³-hybridized carbons (Fsp3) is 0.417. The van der Waals surface area contributed by atoms with Crippen molar-refractivity contribution >= 4 is 17.7 Å². The van der Waals surface area contributed by atoms with Gasteiger partial charge in [-0.25, -0.2) is 14.8 Å². The number of H-pyrrole nitrogens is 1. The zero-order chi connectivity index (χ0) is 25.9. The van der Waals surface area contributed by atoms with Crippen LogP contribution in [0.15, 0.2) is 30.9 Å². The molecule has 1 aliphatic rings. The average Bonchev–Trinajstić information content (AvgIpc) is 3.25. The highest BCUT2D eigenvalue weighted by atomic mass is 16.6. The zero-order valence-corrected chi connectivity index (χ0v) is 20.8. The van der Waals surface area contributed by atoms with Crippen molar-refractivity contribution in [2.24, 2.45) is 5.92 Å². The highest BCUT2D eigenvalue weighted by Gasteiger charge is 2.38. The molecule has 1 amide bonds. The summed E-state index contributed by atoms with van der Waals surface area (Å²) in [6.07, 6.45) is 5.54. The van der Waals surface area contributed by atoms with Crippen LogP contribution in [-0.2, 0) is 4.74 Å². The van der Waals surface area contributed by atoms with E-state index in [1.54, 1.807) is 30.5 Å². The van der Waals surface area contributed by atoms with E-state index in [1.165, 1.54) is 12.4 Å². The molecule has 2 N–H and O–H groups in total. The summed E-state index contributed by atoms with van der Waals surface area (Å²) in [5.41, 5.74) is 0.996. The molecular formula is C24H28N8O4. The number of hydrogen-bond donors (Lipinski definition) is 2. The van der Waals surface area contributed by atoms with Gasteiger partial charge in [-0.05, 0) is 27.7 Å². The lowest BCUT2D eigenvalue weighted by Gasteiger charge is -2.42. The molecule has 4 rings (SSSR count). The van der Waals surface area contributed by atoms with Crippen LogP contribution >= 0.6 is 0 Å². The molecule has 1 aliphatic heterocycles. The van der Waals surface area contributed by atoms with Gasteiger partial charge in [-0.1, -0.05) is 0 Å². The number of amides is 1. The maximum absolute atomic E-state index is 12.3. The molecule has 0 aliphatic carbocycles. The first kappa shape index (κ1) is 24.7. The highest BCUT2D eigenvalue weighted by Crippen LogP contribution is 2.39. The van der Waals surface area contributed by atoms with E-state index < -0.39 is 5.60 Å². The number of rotatable bonds is 7. The van der Waals surface area contributed by atoms with Crippen LogP contribution in [0, 0.1) is 17.2 Å². The minimum absolute atomic E-state index is 0.144. The Hall–Kier alpha value is -4.40. The summed E-state index contributed by atoms with van der Waals surface area (Å²) >= 11 is 0. The molecule has 0 aromatic carbocycles. The lowest BCUT2D eigenvalue weighted by Crippen LogP contribution is -2.55. The Kier molecular flexibility index (Phi) is 6.91. The molecule has 4 heterocycles. The lowest BCUT2D eigenvalue weighted by atomic mass is 9.95. The molecule has 36 heavy (non-hydrogen) atoms. The summed E-state index contributed by atoms with van der Waals surface area (Å²) in [5, 5.41) is 19.2. The van der Waals surface area contributed by atoms with Gasteiger partial charge < -0.3 is 24.4 Å². The Labute approximate surface area is 208 Å². The summed E-state index contributed by atoms with van der Waals surface area (Å²) in [4.78, 5) is 26.3. The number of nitrogens with zero attached hydrogens (tertiary/aromatic N) is 6. The van der Waals surface area contributed by atoms with E-state index >= 15 is 0 Å². The third kappa shape index (κ3) is 5.63. The van der Waals surface area contributed by atoms with Crippen LogP contribution in [0.2, 0.25) is 0 Å². The van der Waals surface area contributed by atoms with E-state index in [0.29, 0.717) is 47.5 Å². The minimum atomic E-state index is -0.532. The second kappa shape index (κ2) is 10.1. The van der Waals surface area contributed by atoms with Gasteiger partial charge in [0.05, 0.1) is 43.2 Å². The van der Waals surface area contributed by atoms with Gasteiger partial charge in [-0.15, -0.1) is 0 Å². The molecule has 3 aromatic rings. The number of carbonyl (C=O) groups excluding carboxylic acids is 1. The molecule has 0 unspecified atom stereocenters. The molecule has 0 saturated carbocycles. The van der Waals surface area contributed by atoms with E-state index in [2.05, 4.69) is 30.5 Å². The number of aromatic nitrogens is 5. The van der Waals surface area contributed by atoms with Gasteiger partial charge in [-0.2, -0.15) is 10.4 Å². The number of ether oxygens (including phenoxy) is 3. The standard InChI is InChI=1S/C24H28N8O4/c1-14(15-12-32(13-15)23(33)36-24(2,3)4)35-19-10-26-9-18(34-5)22(19)17-6-20(31-30-17)29-21-11-27-16(7-25)8-28-21/h6,8-11,14-15H,12-13H2,1-5H3,(H2,28,29,30,31)/t14-/m1/s1. The first-order valence-electron chi connectivity index (χ1n) is 11.4. The summed E-state index contributed by atoms with van der Waals surface area (Å²) in [6, 6.07) is 3.71. The van der Waals surface area contributed by atoms with Gasteiger partial charge in [0.1, 0.15) is 29.3 Å². The van der Waals surface area contributed by atoms with Crippen molar-refractivity contribution in [2.75, 3.05) is 25.5 Å². The number of likely N-dealkylation sites (tertiary alicyclic amines) is 1. The Morgan fingerprint density at radius 2 is 1.94 bits per heavy atom. The van der Waals surface area contributed by atoms with Crippen LogP contribution in [0.1, 0.15) is 33.4 Å². The number of nitriles is 1. The fourth-order valence-electron chi connectivity index (χ4n) is 3.61. The van der Waals surface area contributed by atoms with E-state index in [4.69, 9.17) is 19.5 Å². The van der Waals surface area contributed by atoms with E-state index in [0.717, 1.165) is 0 Å². The normalized spacial score (nSPS) is 14.4. The van der Waals surface area contributed by atoms with Gasteiger partial charge in [0.15, 0.2) is 17.3 Å². The topological polar surface area (TPSA) is 151 Å². The van der Waals surface area contributed by atoms with Crippen LogP contribution in [0.25, 0.3) is 11.3 Å². The average molecular weight is 493 g/mol. The van der Waals surface area contributed by atoms with Gasteiger partial charge in [0.25, 0.3) is 0 Å². The van der Waals surface area contributed by atoms with E-state index in [-0.39, 0.29) is 23.8 Å². The van der Waals surface area contributed by atoms with Crippen molar-refractivity contribution in [2.45, 2.75) is 39.4 Å². The highest BCUT2D eigenvalue weighted by molar-refractivity contribution is 5.75. The molecule has 1 saturated heterocycles. The number of methoxy groups -OCH3 is 1. The minimum Gasteiger partial charge on any atom is -0.494 e. The molecule has 12 nitrogen and oxygen atoms in total. The van der Waals surface area contributed by atoms with E-state index in [9.17, 15) is 4.79 Å². The van der Waals surface area contributed by atoms with E-state index in [1.807, 2.05) is 33.8 Å². The predicted octanol–water partition coefficient (Wildman–Crippen LogP) is 3.52. The third-order valence-electron chi connectivity index (χ3n) is 5.50. The largest absolute Gasteiger partial charge is 0.494 e. The SMILES string of the molecule is COc1cncc(O[C@H](C)C2CN(C(=O)OC(C)(C)C)C2)c1-c1cc(Nc2cnc(C#N)cn2)n[nH]1. The van der Waals surface area contributed by atoms with Gasteiger partial charge >= 0.3 is 6.09 Å². The summed E-state index contributed by atoms with van der Waals surface area (Å²) in [7, 11) is 1.56. The molecule has 1 fully saturated rings. The second-order valence-electron chi connectivity index (χ2n) is 9.37. The van der Waals surface area contributed by atoms with Crippen molar-refractivity contribution in [1.29, 1.82) is 5.26 Å². The molecule has 1 atom stereocenters. The second-order valence-corrected chi connectivity index (χ2v) is 9.37. The lowest BCUT2D eigenvalue weighted by molar-refractivity contribution is -0.0212. The van der Waals surface area contributed by atoms with Crippen molar-refractivity contribution in [3.63, 3.8) is 0 Å². The van der Waals surface area contributed by atoms with Gasteiger partial charge in [0.2, 0.25) is 0 Å². The Bertz CT molecular complexity index is 1260. The smallest absolute Gasteiger partial charge is 0.410 e. The molecule has 0 bridgehead atoms. The number of nitrogens with one attached hydrogen (secondary N) is 2. The number of carbonyl (C=O) groups is 1. The van der Waals surface area contributed by atoms with Crippen molar-refractivity contribution in [3.8, 4) is 28.8 Å². The molecule has 188 valence electrons. The monoisotopic (exact) mass is 492 g/mol. The van der Waals surface area contributed by atoms with Crippen LogP contribution in [0.3, 0.4) is 0 Å². The first-order valence-corrected chi connectivity index (χ1v) is 11.4. The summed E-state index contributed by atoms with van der Waals surface area (Å²) in [5.74, 6) is 2.11. The molecule has 3 aromatic heterocycles. The molecule has 12 heteroatoms. The Balaban J connectivity index is 1.46. The summed E-state index contributed by atoms with van der Waals surface area (Å²) in [6.45, 7) is 8.60. The third-order valence-corrected chi connectivity index (χ3v) is 5.50. The van der Waals surface area contributed by atoms with Crippen molar-refractivity contribution < 1.29 is 19.0 Å². The quantitative estimate of drug-likeness (QED) is 0.501. The first-order chi connectivity index (χ1) is 17.2. The van der Waals surface area contributed by atoms with Crippen LogP contribution < -0.4 is 14.8 Å². The molecular weight excluding hydrogens is 464 g/mol. The van der Waals surface area contributed by atoms with Gasteiger partial charge in [-0.3, -0.25) is 10.1 Å².